The topological polar surface area (TPSA) is 101 Å². The minimum Gasteiger partial charge on any atom is -0.508 e. The highest BCUT2D eigenvalue weighted by Gasteiger charge is 2.15. The van der Waals surface area contributed by atoms with Crippen LogP contribution < -0.4 is 10.6 Å². The lowest BCUT2D eigenvalue weighted by molar-refractivity contribution is 0.475. The smallest absolute Gasteiger partial charge is 0.231 e. The van der Waals surface area contributed by atoms with E-state index >= 15 is 0 Å². The fourth-order valence-corrected chi connectivity index (χ4v) is 3.84. The number of anilines is 3. The molecule has 0 unspecified atom stereocenters. The summed E-state index contributed by atoms with van der Waals surface area (Å²) in [4.78, 5) is 18.0. The average molecular weight is 430 g/mol. The summed E-state index contributed by atoms with van der Waals surface area (Å²) in [5, 5.41) is 20.2. The van der Waals surface area contributed by atoms with Crippen LogP contribution in [0, 0.1) is 0 Å². The Balaban J connectivity index is 1.47. The quantitative estimate of drug-likeness (QED) is 0.353. The third-order valence-electron chi connectivity index (χ3n) is 4.76. The lowest BCUT2D eigenvalue weighted by Crippen LogP contribution is -2.09. The molecule has 31 heavy (non-hydrogen) atoms. The molecule has 0 aliphatic carbocycles. The van der Waals surface area contributed by atoms with E-state index in [4.69, 9.17) is 4.98 Å². The summed E-state index contributed by atoms with van der Waals surface area (Å²) in [7, 11) is 0. The number of phenolic OH excluding ortho intramolecular Hbond substituents is 1. The van der Waals surface area contributed by atoms with E-state index in [-0.39, 0.29) is 5.75 Å². The third kappa shape index (κ3) is 4.17. The lowest BCUT2D eigenvalue weighted by atomic mass is 10.1. The Morgan fingerprint density at radius 2 is 1.84 bits per heavy atom. The Hall–Kier alpha value is -3.98. The molecule has 5 aromatic rings. The van der Waals surface area contributed by atoms with Gasteiger partial charge in [0.2, 0.25) is 5.95 Å². The third-order valence-corrected chi connectivity index (χ3v) is 5.43. The summed E-state index contributed by atoms with van der Waals surface area (Å²) in [6, 6.07) is 13.0. The van der Waals surface area contributed by atoms with Crippen LogP contribution in [0.4, 0.5) is 17.5 Å². The van der Waals surface area contributed by atoms with Crippen LogP contribution in [0.25, 0.3) is 16.9 Å². The van der Waals surface area contributed by atoms with Gasteiger partial charge < -0.3 is 15.7 Å². The Kier molecular flexibility index (Phi) is 5.16. The van der Waals surface area contributed by atoms with Crippen LogP contribution in [-0.2, 0) is 6.42 Å². The molecule has 0 saturated heterocycles. The fourth-order valence-electron chi connectivity index (χ4n) is 3.21. The highest BCUT2D eigenvalue weighted by molar-refractivity contribution is 7.08. The van der Waals surface area contributed by atoms with E-state index in [1.807, 2.05) is 40.3 Å². The first-order valence-electron chi connectivity index (χ1n) is 9.73. The molecule has 154 valence electrons. The molecule has 9 heteroatoms. The van der Waals surface area contributed by atoms with E-state index in [0.717, 1.165) is 29.0 Å². The molecular weight excluding hydrogens is 410 g/mol. The molecule has 4 aromatic heterocycles. The predicted molar refractivity (Wildman–Crippen MR) is 122 cm³/mol. The maximum absolute atomic E-state index is 9.46. The second-order valence-electron chi connectivity index (χ2n) is 6.87. The number of nitrogens with zero attached hydrogens (tertiary/aromatic N) is 5. The molecule has 0 fully saturated rings. The van der Waals surface area contributed by atoms with Gasteiger partial charge in [0.1, 0.15) is 12.1 Å². The van der Waals surface area contributed by atoms with E-state index in [9.17, 15) is 5.11 Å². The predicted octanol–water partition coefficient (Wildman–Crippen LogP) is 4.38. The van der Waals surface area contributed by atoms with Crippen LogP contribution in [0.5, 0.6) is 5.75 Å². The van der Waals surface area contributed by atoms with E-state index < -0.39 is 0 Å². The summed E-state index contributed by atoms with van der Waals surface area (Å²) in [6.45, 7) is 0.664. The largest absolute Gasteiger partial charge is 0.508 e. The van der Waals surface area contributed by atoms with Gasteiger partial charge >= 0.3 is 0 Å². The molecule has 0 radical (unpaired) electrons. The van der Waals surface area contributed by atoms with E-state index in [2.05, 4.69) is 31.0 Å². The number of aromatic nitrogens is 5. The summed E-state index contributed by atoms with van der Waals surface area (Å²) < 4.78 is 1.95. The van der Waals surface area contributed by atoms with Crippen molar-refractivity contribution in [3.63, 3.8) is 0 Å². The van der Waals surface area contributed by atoms with Gasteiger partial charge in [-0.05, 0) is 47.7 Å². The maximum Gasteiger partial charge on any atom is 0.231 e. The normalized spacial score (nSPS) is 11.0. The number of nitrogens with one attached hydrogen (secondary N) is 2. The molecule has 4 heterocycles. The molecule has 3 N–H and O–H groups in total. The van der Waals surface area contributed by atoms with E-state index in [1.165, 1.54) is 0 Å². The van der Waals surface area contributed by atoms with E-state index in [0.29, 0.717) is 23.8 Å². The molecule has 0 aliphatic rings. The van der Waals surface area contributed by atoms with Gasteiger partial charge in [-0.1, -0.05) is 12.1 Å². The number of aromatic hydroxyl groups is 1. The number of rotatable bonds is 7. The Morgan fingerprint density at radius 1 is 1.00 bits per heavy atom. The first-order valence-corrected chi connectivity index (χ1v) is 10.7. The Labute approximate surface area is 182 Å². The molecular formula is C22H19N7OS. The van der Waals surface area contributed by atoms with Crippen molar-refractivity contribution in [3.8, 4) is 11.4 Å². The van der Waals surface area contributed by atoms with Crippen molar-refractivity contribution in [1.29, 1.82) is 0 Å². The molecule has 0 aliphatic heterocycles. The molecule has 1 aromatic carbocycles. The van der Waals surface area contributed by atoms with Gasteiger partial charge in [-0.15, -0.1) is 0 Å². The fraction of sp³-hybridized carbons (Fsp3) is 0.0909. The minimum atomic E-state index is 0.264. The van der Waals surface area contributed by atoms with Gasteiger partial charge in [-0.3, -0.25) is 9.55 Å². The summed E-state index contributed by atoms with van der Waals surface area (Å²) in [6.07, 6.45) is 5.98. The average Bonchev–Trinajstić information content (AvgIpc) is 3.46. The number of hydrogen-bond donors (Lipinski definition) is 3. The number of hydrogen-bond acceptors (Lipinski definition) is 8. The van der Waals surface area contributed by atoms with Crippen molar-refractivity contribution < 1.29 is 5.11 Å². The van der Waals surface area contributed by atoms with Crippen molar-refractivity contribution >= 4 is 40.0 Å². The van der Waals surface area contributed by atoms with Crippen molar-refractivity contribution in [2.24, 2.45) is 0 Å². The summed E-state index contributed by atoms with van der Waals surface area (Å²) in [5.74, 6) is 1.40. The maximum atomic E-state index is 9.46. The monoisotopic (exact) mass is 429 g/mol. The molecule has 0 spiro atoms. The van der Waals surface area contributed by atoms with Crippen LogP contribution in [0.1, 0.15) is 5.56 Å². The number of fused-ring (bicyclic) bond motifs is 1. The molecule has 0 amide bonds. The van der Waals surface area contributed by atoms with Crippen molar-refractivity contribution in [1.82, 2.24) is 24.5 Å². The van der Waals surface area contributed by atoms with Gasteiger partial charge in [0, 0.05) is 30.0 Å². The second-order valence-corrected chi connectivity index (χ2v) is 7.65. The van der Waals surface area contributed by atoms with Crippen LogP contribution in [0.15, 0.2) is 71.9 Å². The number of phenols is 1. The van der Waals surface area contributed by atoms with Crippen LogP contribution in [-0.4, -0.2) is 36.2 Å². The van der Waals surface area contributed by atoms with Gasteiger partial charge in [0.15, 0.2) is 17.0 Å². The SMILES string of the molecule is Oc1ccc(CCNc2nc(Nc3ccncc3)nc3c2ncn3-c2ccsc2)cc1. The van der Waals surface area contributed by atoms with Gasteiger partial charge in [0.05, 0.1) is 5.69 Å². The molecule has 0 atom stereocenters. The highest BCUT2D eigenvalue weighted by atomic mass is 32.1. The minimum absolute atomic E-state index is 0.264. The zero-order valence-corrected chi connectivity index (χ0v) is 17.3. The standard InChI is InChI=1S/C22H19N7OS/c30-18-3-1-15(2-4-18)5-11-24-20-19-21(29(14-25-19)17-8-12-31-13-17)28-22(27-20)26-16-6-9-23-10-7-16/h1-4,6-10,12-14,30H,5,11H2,(H2,23,24,26,27,28). The first-order chi connectivity index (χ1) is 15.3. The van der Waals surface area contributed by atoms with E-state index in [1.54, 1.807) is 42.2 Å². The van der Waals surface area contributed by atoms with Crippen molar-refractivity contribution in [3.05, 3.63) is 77.5 Å². The van der Waals surface area contributed by atoms with Crippen molar-refractivity contribution in [2.45, 2.75) is 6.42 Å². The number of imidazole rings is 1. The van der Waals surface area contributed by atoms with Crippen molar-refractivity contribution in [2.75, 3.05) is 17.2 Å². The Morgan fingerprint density at radius 3 is 2.61 bits per heavy atom. The summed E-state index contributed by atoms with van der Waals surface area (Å²) >= 11 is 1.62. The van der Waals surface area contributed by atoms with Gasteiger partial charge in [0.25, 0.3) is 0 Å². The van der Waals surface area contributed by atoms with Gasteiger partial charge in [-0.2, -0.15) is 21.3 Å². The van der Waals surface area contributed by atoms with Crippen LogP contribution in [0.3, 0.4) is 0 Å². The van der Waals surface area contributed by atoms with Gasteiger partial charge in [-0.25, -0.2) is 4.98 Å². The molecule has 8 nitrogen and oxygen atoms in total. The molecule has 5 rings (SSSR count). The molecule has 0 bridgehead atoms. The second kappa shape index (κ2) is 8.41. The zero-order valence-electron chi connectivity index (χ0n) is 16.4. The number of thiophene rings is 1. The summed E-state index contributed by atoms with van der Waals surface area (Å²) in [5.41, 5.74) is 4.41. The molecule has 0 saturated carbocycles. The number of pyridine rings is 1. The van der Waals surface area contributed by atoms with Crippen LogP contribution in [0.2, 0.25) is 0 Å². The van der Waals surface area contributed by atoms with Crippen LogP contribution >= 0.6 is 11.3 Å². The number of benzene rings is 1. The Bertz CT molecular complexity index is 1290. The lowest BCUT2D eigenvalue weighted by Gasteiger charge is -2.10. The highest BCUT2D eigenvalue weighted by Crippen LogP contribution is 2.25. The first kappa shape index (κ1) is 19.0. The zero-order chi connectivity index (χ0) is 21.0.